The molecule has 0 N–H and O–H groups in total. The maximum absolute atomic E-state index is 13.4. The van der Waals surface area contributed by atoms with Crippen LogP contribution in [0.1, 0.15) is 246 Å². The maximum Gasteiger partial charge on any atom is 0.474 e. The van der Waals surface area contributed by atoms with Gasteiger partial charge in [0.15, 0.2) is 0 Å². The van der Waals surface area contributed by atoms with Crippen LogP contribution in [-0.2, 0) is 27.7 Å². The first-order valence-corrected chi connectivity index (χ1v) is 25.4. The van der Waals surface area contributed by atoms with Gasteiger partial charge in [0.05, 0.1) is 26.4 Å². The summed E-state index contributed by atoms with van der Waals surface area (Å²) >= 11 is 0. The zero-order chi connectivity index (χ0) is 39.5. The fraction of sp³-hybridized carbons (Fsp3) is 0.978. The van der Waals surface area contributed by atoms with Gasteiger partial charge in [0.1, 0.15) is 0 Å². The summed E-state index contributed by atoms with van der Waals surface area (Å²) in [6, 6.07) is 0. The molecule has 0 aromatic heterocycles. The van der Waals surface area contributed by atoms with Gasteiger partial charge in [-0.05, 0) is 64.6 Å². The van der Waals surface area contributed by atoms with E-state index in [1.807, 2.05) is 0 Å². The second-order valence-corrected chi connectivity index (χ2v) is 17.6. The van der Waals surface area contributed by atoms with Crippen LogP contribution in [0, 0.1) is 0 Å². The summed E-state index contributed by atoms with van der Waals surface area (Å²) in [6.45, 7) is 14.5. The van der Waals surface area contributed by atoms with Crippen LogP contribution in [0.15, 0.2) is 0 Å². The van der Waals surface area contributed by atoms with Crippen molar-refractivity contribution in [2.45, 2.75) is 246 Å². The van der Waals surface area contributed by atoms with Crippen molar-refractivity contribution in [2.75, 3.05) is 46.1 Å². The summed E-state index contributed by atoms with van der Waals surface area (Å²) in [7, 11) is -3.48. The Kier molecular flexibility index (Phi) is 43.3. The van der Waals surface area contributed by atoms with E-state index in [-0.39, 0.29) is 5.97 Å². The molecule has 0 saturated heterocycles. The summed E-state index contributed by atoms with van der Waals surface area (Å²) in [5, 5.41) is 0. The van der Waals surface area contributed by atoms with Crippen molar-refractivity contribution in [3.05, 3.63) is 0 Å². The second kappa shape index (κ2) is 43.7. The normalized spacial score (nSPS) is 11.9. The number of rotatable bonds is 46. The highest BCUT2D eigenvalue weighted by atomic mass is 31.2. The van der Waals surface area contributed by atoms with Crippen LogP contribution in [-0.4, -0.2) is 56.9 Å². The number of carbonyl (C=O) groups excluding carboxylic acids is 1. The molecule has 0 unspecified atom stereocenters. The zero-order valence-electron chi connectivity index (χ0n) is 36.8. The smallest absolute Gasteiger partial charge is 0.466 e. The molecule has 0 heterocycles. The zero-order valence-corrected chi connectivity index (χ0v) is 37.7. The third-order valence-electron chi connectivity index (χ3n) is 10.7. The number of hydrogen-bond donors (Lipinski definition) is 0. The molecule has 0 radical (unpaired) electrons. The first-order chi connectivity index (χ1) is 26.5. The highest BCUT2D eigenvalue weighted by molar-refractivity contribution is 7.48. The Balaban J connectivity index is 3.91. The number of phosphoric ester groups is 1. The SMILES string of the molecule is CCCCCCCCCOC(=O)CCCCCCCN(CC)CCCCCCCCCOP(=O)(OCCCCCCCCC)OCCCCCCCCC. The first-order valence-electron chi connectivity index (χ1n) is 23.9. The molecule has 0 bridgehead atoms. The number of ether oxygens (including phenoxy) is 1. The van der Waals surface area contributed by atoms with Gasteiger partial charge in [-0.2, -0.15) is 0 Å². The molecule has 0 aromatic carbocycles. The van der Waals surface area contributed by atoms with Crippen molar-refractivity contribution in [2.24, 2.45) is 0 Å². The average Bonchev–Trinajstić information content (AvgIpc) is 3.17. The van der Waals surface area contributed by atoms with E-state index in [9.17, 15) is 9.36 Å². The van der Waals surface area contributed by atoms with E-state index in [4.69, 9.17) is 18.3 Å². The Hall–Kier alpha value is -0.460. The Morgan fingerprint density at radius 2 is 0.685 bits per heavy atom. The van der Waals surface area contributed by atoms with Gasteiger partial charge in [-0.15, -0.1) is 0 Å². The third-order valence-corrected chi connectivity index (χ3v) is 12.2. The third kappa shape index (κ3) is 39.8. The summed E-state index contributed by atoms with van der Waals surface area (Å²) in [6.07, 6.45) is 40.2. The lowest BCUT2D eigenvalue weighted by atomic mass is 10.1. The predicted octanol–water partition coefficient (Wildman–Crippen LogP) is 15.3. The molecule has 7 nitrogen and oxygen atoms in total. The van der Waals surface area contributed by atoms with E-state index >= 15 is 0 Å². The van der Waals surface area contributed by atoms with Crippen LogP contribution in [0.5, 0.6) is 0 Å². The van der Waals surface area contributed by atoms with Gasteiger partial charge in [-0.25, -0.2) is 4.57 Å². The van der Waals surface area contributed by atoms with E-state index in [0.29, 0.717) is 32.8 Å². The lowest BCUT2D eigenvalue weighted by molar-refractivity contribution is -0.143. The molecule has 324 valence electrons. The van der Waals surface area contributed by atoms with Crippen LogP contribution >= 0.6 is 7.82 Å². The van der Waals surface area contributed by atoms with Crippen LogP contribution in [0.3, 0.4) is 0 Å². The average molecular weight is 788 g/mol. The van der Waals surface area contributed by atoms with Gasteiger partial charge in [0.2, 0.25) is 0 Å². The van der Waals surface area contributed by atoms with E-state index in [1.165, 1.54) is 167 Å². The Morgan fingerprint density at radius 3 is 1.04 bits per heavy atom. The lowest BCUT2D eigenvalue weighted by Gasteiger charge is -2.20. The number of esters is 1. The molecule has 0 aliphatic rings. The molecule has 0 atom stereocenters. The molecule has 8 heteroatoms. The summed E-state index contributed by atoms with van der Waals surface area (Å²) in [4.78, 5) is 14.6. The molecule has 0 fully saturated rings. The van der Waals surface area contributed by atoms with Crippen molar-refractivity contribution < 1.29 is 27.7 Å². The largest absolute Gasteiger partial charge is 0.474 e. The molecule has 0 amide bonds. The predicted molar refractivity (Wildman–Crippen MR) is 233 cm³/mol. The van der Waals surface area contributed by atoms with E-state index in [1.54, 1.807) is 0 Å². The summed E-state index contributed by atoms with van der Waals surface area (Å²) in [5.41, 5.74) is 0. The number of unbranched alkanes of at least 4 members (excludes halogenated alkanes) is 28. The molecular weight excluding hydrogens is 693 g/mol. The molecule has 0 saturated carbocycles. The molecule has 0 aromatic rings. The Bertz CT molecular complexity index is 775. The first kappa shape index (κ1) is 53.5. The van der Waals surface area contributed by atoms with Gasteiger partial charge in [0.25, 0.3) is 0 Å². The topological polar surface area (TPSA) is 74.3 Å². The lowest BCUT2D eigenvalue weighted by Crippen LogP contribution is -2.25. The van der Waals surface area contributed by atoms with Gasteiger partial charge in [0, 0.05) is 6.42 Å². The minimum absolute atomic E-state index is 0.00644. The fourth-order valence-corrected chi connectivity index (χ4v) is 8.24. The minimum Gasteiger partial charge on any atom is -0.466 e. The van der Waals surface area contributed by atoms with Crippen LogP contribution in [0.2, 0.25) is 0 Å². The van der Waals surface area contributed by atoms with Gasteiger partial charge < -0.3 is 9.64 Å². The molecule has 0 rings (SSSR count). The number of hydrogen-bond acceptors (Lipinski definition) is 7. The number of nitrogens with zero attached hydrogens (tertiary/aromatic N) is 1. The highest BCUT2D eigenvalue weighted by Crippen LogP contribution is 2.50. The van der Waals surface area contributed by atoms with Crippen LogP contribution < -0.4 is 0 Å². The summed E-state index contributed by atoms with van der Waals surface area (Å²) < 4.78 is 36.2. The monoisotopic (exact) mass is 788 g/mol. The molecule has 0 aliphatic heterocycles. The van der Waals surface area contributed by atoms with Crippen molar-refractivity contribution >= 4 is 13.8 Å². The van der Waals surface area contributed by atoms with E-state index in [2.05, 4.69) is 32.6 Å². The quantitative estimate of drug-likeness (QED) is 0.0345. The maximum atomic E-state index is 13.4. The van der Waals surface area contributed by atoms with Crippen molar-refractivity contribution in [1.82, 2.24) is 4.90 Å². The van der Waals surface area contributed by atoms with Gasteiger partial charge >= 0.3 is 13.8 Å². The van der Waals surface area contributed by atoms with Crippen molar-refractivity contribution in [3.8, 4) is 0 Å². The molecule has 0 aliphatic carbocycles. The van der Waals surface area contributed by atoms with E-state index < -0.39 is 7.82 Å². The Morgan fingerprint density at radius 1 is 0.389 bits per heavy atom. The fourth-order valence-electron chi connectivity index (χ4n) is 6.96. The summed E-state index contributed by atoms with van der Waals surface area (Å²) in [5.74, 6) is -0.00644. The minimum atomic E-state index is -3.48. The van der Waals surface area contributed by atoms with Crippen LogP contribution in [0.25, 0.3) is 0 Å². The van der Waals surface area contributed by atoms with Gasteiger partial charge in [-0.3, -0.25) is 18.4 Å². The number of phosphoric acid groups is 1. The molecular formula is C46H94NO6P. The molecule has 0 spiro atoms. The van der Waals surface area contributed by atoms with Gasteiger partial charge in [-0.1, -0.05) is 195 Å². The van der Waals surface area contributed by atoms with Crippen LogP contribution in [0.4, 0.5) is 0 Å². The van der Waals surface area contributed by atoms with Crippen molar-refractivity contribution in [1.29, 1.82) is 0 Å². The second-order valence-electron chi connectivity index (χ2n) is 16.0. The highest BCUT2D eigenvalue weighted by Gasteiger charge is 2.26. The van der Waals surface area contributed by atoms with E-state index in [0.717, 1.165) is 64.3 Å². The number of carbonyl (C=O) groups is 1. The molecule has 54 heavy (non-hydrogen) atoms. The standard InChI is InChI=1S/C46H94NO6P/c1-5-9-12-15-20-28-35-42-50-46(48)39-32-25-24-27-34-41-47(8-4)40-33-26-19-18-23-31-38-45-53-54(49,51-43-36-29-21-16-13-10-6-2)52-44-37-30-22-17-14-11-7-3/h5-45H2,1-4H3. The Labute approximate surface area is 337 Å². The van der Waals surface area contributed by atoms with Crippen molar-refractivity contribution in [3.63, 3.8) is 0 Å².